The summed E-state index contributed by atoms with van der Waals surface area (Å²) in [5.74, 6) is 0. The molecule has 1 heterocycles. The van der Waals surface area contributed by atoms with Crippen LogP contribution in [0.15, 0.2) is 18.3 Å². The summed E-state index contributed by atoms with van der Waals surface area (Å²) in [5, 5.41) is 5.34. The molecule has 3 heteroatoms. The molecule has 13 heavy (non-hydrogen) atoms. The van der Waals surface area contributed by atoms with Crippen LogP contribution in [0, 0.1) is 13.5 Å². The third-order valence-corrected chi connectivity index (χ3v) is 2.03. The van der Waals surface area contributed by atoms with E-state index in [0.717, 1.165) is 16.5 Å². The Balaban J connectivity index is 2.85. The zero-order chi connectivity index (χ0) is 9.42. The number of benzene rings is 1. The molecule has 0 radical (unpaired) electrons. The van der Waals surface area contributed by atoms with Gasteiger partial charge in [0.1, 0.15) is 0 Å². The molecule has 0 fully saturated rings. The summed E-state index contributed by atoms with van der Waals surface area (Å²) >= 11 is 0. The highest BCUT2D eigenvalue weighted by molar-refractivity contribution is 5.85. The van der Waals surface area contributed by atoms with Crippen LogP contribution in [0.3, 0.4) is 0 Å². The van der Waals surface area contributed by atoms with Crippen LogP contribution in [0.2, 0.25) is 0 Å². The Bertz CT molecular complexity index is 503. The van der Waals surface area contributed by atoms with Crippen molar-refractivity contribution >= 4 is 16.6 Å². The van der Waals surface area contributed by atoms with E-state index >= 15 is 0 Å². The Morgan fingerprint density at radius 1 is 1.46 bits per heavy atom. The van der Waals surface area contributed by atoms with E-state index in [1.54, 1.807) is 4.68 Å². The Kier molecular flexibility index (Phi) is 1.56. The smallest absolute Gasteiger partial charge is 0.188 e. The monoisotopic (exact) mass is 171 g/mol. The van der Waals surface area contributed by atoms with Gasteiger partial charge in [0.25, 0.3) is 0 Å². The Hall–Kier alpha value is -1.82. The SMILES string of the molecule is [C-]#[N+]c1cc(C)c2nn(C)cc2c1. The van der Waals surface area contributed by atoms with Crippen LogP contribution in [-0.2, 0) is 7.05 Å². The predicted molar refractivity (Wildman–Crippen MR) is 51.7 cm³/mol. The highest BCUT2D eigenvalue weighted by Gasteiger charge is 2.03. The summed E-state index contributed by atoms with van der Waals surface area (Å²) in [4.78, 5) is 3.40. The minimum Gasteiger partial charge on any atom is -0.275 e. The van der Waals surface area contributed by atoms with Gasteiger partial charge in [-0.2, -0.15) is 5.10 Å². The van der Waals surface area contributed by atoms with Crippen molar-refractivity contribution < 1.29 is 0 Å². The lowest BCUT2D eigenvalue weighted by molar-refractivity contribution is 0.779. The summed E-state index contributed by atoms with van der Waals surface area (Å²) < 4.78 is 1.77. The van der Waals surface area contributed by atoms with Crippen LogP contribution in [-0.4, -0.2) is 9.78 Å². The van der Waals surface area contributed by atoms with E-state index in [0.29, 0.717) is 5.69 Å². The largest absolute Gasteiger partial charge is 0.275 e. The molecule has 0 amide bonds. The van der Waals surface area contributed by atoms with Crippen LogP contribution in [0.25, 0.3) is 15.7 Å². The van der Waals surface area contributed by atoms with Crippen molar-refractivity contribution in [3.8, 4) is 0 Å². The third-order valence-electron chi connectivity index (χ3n) is 2.03. The number of aromatic nitrogens is 2. The average Bonchev–Trinajstić information content (AvgIpc) is 2.46. The second kappa shape index (κ2) is 2.60. The van der Waals surface area contributed by atoms with Crippen molar-refractivity contribution in [2.75, 3.05) is 0 Å². The molecule has 2 aromatic rings. The Morgan fingerprint density at radius 2 is 2.23 bits per heavy atom. The van der Waals surface area contributed by atoms with Gasteiger partial charge in [0, 0.05) is 18.6 Å². The average molecular weight is 171 g/mol. The maximum Gasteiger partial charge on any atom is 0.188 e. The van der Waals surface area contributed by atoms with Gasteiger partial charge in [-0.25, -0.2) is 4.85 Å². The lowest BCUT2D eigenvalue weighted by Crippen LogP contribution is -1.85. The Morgan fingerprint density at radius 3 is 2.92 bits per heavy atom. The van der Waals surface area contributed by atoms with E-state index in [-0.39, 0.29) is 0 Å². The highest BCUT2D eigenvalue weighted by Crippen LogP contribution is 2.23. The normalized spacial score (nSPS) is 10.2. The molecule has 64 valence electrons. The number of rotatable bonds is 0. The molecular formula is C10H9N3. The maximum absolute atomic E-state index is 6.92. The van der Waals surface area contributed by atoms with Crippen LogP contribution < -0.4 is 0 Å². The molecule has 0 bridgehead atoms. The van der Waals surface area contributed by atoms with E-state index < -0.39 is 0 Å². The second-order valence-corrected chi connectivity index (χ2v) is 3.12. The first-order valence-electron chi connectivity index (χ1n) is 4.02. The molecule has 1 aromatic heterocycles. The van der Waals surface area contributed by atoms with Gasteiger partial charge in [0.2, 0.25) is 0 Å². The fourth-order valence-electron chi connectivity index (χ4n) is 1.47. The minimum atomic E-state index is 0.679. The maximum atomic E-state index is 6.92. The van der Waals surface area contributed by atoms with Crippen LogP contribution >= 0.6 is 0 Å². The predicted octanol–water partition coefficient (Wildman–Crippen LogP) is 2.43. The van der Waals surface area contributed by atoms with Crippen LogP contribution in [0.1, 0.15) is 5.56 Å². The molecule has 0 N–H and O–H groups in total. The quantitative estimate of drug-likeness (QED) is 0.558. The van der Waals surface area contributed by atoms with Gasteiger partial charge in [0.15, 0.2) is 5.69 Å². The summed E-state index contributed by atoms with van der Waals surface area (Å²) in [6.45, 7) is 8.90. The van der Waals surface area contributed by atoms with Gasteiger partial charge in [-0.1, -0.05) is 6.07 Å². The minimum absolute atomic E-state index is 0.679. The number of aryl methyl sites for hydroxylation is 2. The van der Waals surface area contributed by atoms with Gasteiger partial charge in [0.05, 0.1) is 12.1 Å². The molecule has 1 aromatic carbocycles. The van der Waals surface area contributed by atoms with Crippen molar-refractivity contribution in [3.63, 3.8) is 0 Å². The standard InChI is InChI=1S/C10H9N3/c1-7-4-9(11-2)5-8-6-13(3)12-10(7)8/h4-6H,1,3H3. The van der Waals surface area contributed by atoms with E-state index in [2.05, 4.69) is 9.94 Å². The van der Waals surface area contributed by atoms with E-state index in [4.69, 9.17) is 6.57 Å². The molecule has 0 atom stereocenters. The van der Waals surface area contributed by atoms with Crippen molar-refractivity contribution in [3.05, 3.63) is 35.3 Å². The lowest BCUT2D eigenvalue weighted by Gasteiger charge is -1.94. The van der Waals surface area contributed by atoms with E-state index in [1.165, 1.54) is 0 Å². The zero-order valence-electron chi connectivity index (χ0n) is 7.57. The van der Waals surface area contributed by atoms with Crippen molar-refractivity contribution in [2.24, 2.45) is 7.05 Å². The molecule has 3 nitrogen and oxygen atoms in total. The highest BCUT2D eigenvalue weighted by atomic mass is 15.2. The molecular weight excluding hydrogens is 162 g/mol. The van der Waals surface area contributed by atoms with Gasteiger partial charge >= 0.3 is 0 Å². The third kappa shape index (κ3) is 1.17. The lowest BCUT2D eigenvalue weighted by atomic mass is 10.1. The molecule has 0 saturated carbocycles. The fraction of sp³-hybridized carbons (Fsp3) is 0.200. The Labute approximate surface area is 76.4 Å². The molecule has 0 spiro atoms. The van der Waals surface area contributed by atoms with Gasteiger partial charge in [-0.15, -0.1) is 0 Å². The molecule has 2 rings (SSSR count). The number of fused-ring (bicyclic) bond motifs is 1. The first-order valence-corrected chi connectivity index (χ1v) is 4.02. The summed E-state index contributed by atoms with van der Waals surface area (Å²) in [7, 11) is 1.89. The van der Waals surface area contributed by atoms with Crippen LogP contribution in [0.4, 0.5) is 5.69 Å². The van der Waals surface area contributed by atoms with Crippen LogP contribution in [0.5, 0.6) is 0 Å². The fourth-order valence-corrected chi connectivity index (χ4v) is 1.47. The van der Waals surface area contributed by atoms with Gasteiger partial charge < -0.3 is 0 Å². The van der Waals surface area contributed by atoms with Crippen molar-refractivity contribution in [2.45, 2.75) is 6.92 Å². The topological polar surface area (TPSA) is 22.2 Å². The van der Waals surface area contributed by atoms with Gasteiger partial charge in [-0.3, -0.25) is 4.68 Å². The molecule has 0 unspecified atom stereocenters. The zero-order valence-corrected chi connectivity index (χ0v) is 7.57. The summed E-state index contributed by atoms with van der Waals surface area (Å²) in [6, 6.07) is 3.73. The molecule has 0 saturated heterocycles. The second-order valence-electron chi connectivity index (χ2n) is 3.12. The van der Waals surface area contributed by atoms with E-state index in [1.807, 2.05) is 32.3 Å². The summed E-state index contributed by atoms with van der Waals surface area (Å²) in [6.07, 6.45) is 1.93. The molecule has 0 aliphatic heterocycles. The number of hydrogen-bond acceptors (Lipinski definition) is 1. The first kappa shape index (κ1) is 7.81. The van der Waals surface area contributed by atoms with Gasteiger partial charge in [-0.05, 0) is 18.6 Å². The number of nitrogens with zero attached hydrogens (tertiary/aromatic N) is 3. The van der Waals surface area contributed by atoms with E-state index in [9.17, 15) is 0 Å². The van der Waals surface area contributed by atoms with Crippen molar-refractivity contribution in [1.29, 1.82) is 0 Å². The molecule has 0 aliphatic rings. The summed E-state index contributed by atoms with van der Waals surface area (Å²) in [5.41, 5.74) is 2.72. The molecule has 0 aliphatic carbocycles. The first-order chi connectivity index (χ1) is 6.20. The number of hydrogen-bond donors (Lipinski definition) is 0. The van der Waals surface area contributed by atoms with Crippen molar-refractivity contribution in [1.82, 2.24) is 9.78 Å².